The molecule has 0 bridgehead atoms. The molecule has 0 aliphatic heterocycles. The molecule has 1 aliphatic carbocycles. The summed E-state index contributed by atoms with van der Waals surface area (Å²) >= 11 is 0. The van der Waals surface area contributed by atoms with Gasteiger partial charge in [0.05, 0.1) is 5.69 Å². The molecule has 1 aliphatic rings. The Labute approximate surface area is 71.6 Å². The SMILES string of the molecule is Cc1nc2c(o1)C=CC=CC2C. The first-order valence-electron chi connectivity index (χ1n) is 4.09. The van der Waals surface area contributed by atoms with Crippen LogP contribution in [0.4, 0.5) is 0 Å². The van der Waals surface area contributed by atoms with Crippen molar-refractivity contribution in [2.75, 3.05) is 0 Å². The van der Waals surface area contributed by atoms with Crippen molar-refractivity contribution in [1.82, 2.24) is 4.98 Å². The van der Waals surface area contributed by atoms with Crippen molar-refractivity contribution in [1.29, 1.82) is 0 Å². The predicted octanol–water partition coefficient (Wildman–Crippen LogP) is 2.67. The molecule has 0 N–H and O–H groups in total. The zero-order chi connectivity index (χ0) is 8.55. The van der Waals surface area contributed by atoms with E-state index in [9.17, 15) is 0 Å². The van der Waals surface area contributed by atoms with E-state index in [1.165, 1.54) is 0 Å². The Hall–Kier alpha value is -1.31. The van der Waals surface area contributed by atoms with E-state index < -0.39 is 0 Å². The molecule has 0 amide bonds. The maximum Gasteiger partial charge on any atom is 0.192 e. The lowest BCUT2D eigenvalue weighted by Gasteiger charge is -1.98. The van der Waals surface area contributed by atoms with E-state index in [0.717, 1.165) is 17.3 Å². The van der Waals surface area contributed by atoms with Crippen LogP contribution in [0.15, 0.2) is 22.6 Å². The van der Waals surface area contributed by atoms with Gasteiger partial charge in [-0.25, -0.2) is 4.98 Å². The zero-order valence-corrected chi connectivity index (χ0v) is 7.24. The van der Waals surface area contributed by atoms with Crippen molar-refractivity contribution < 1.29 is 4.42 Å². The van der Waals surface area contributed by atoms with Gasteiger partial charge in [-0.15, -0.1) is 0 Å². The Bertz CT molecular complexity index is 347. The lowest BCUT2D eigenvalue weighted by molar-refractivity contribution is 0.512. The molecule has 1 unspecified atom stereocenters. The molecule has 1 heterocycles. The van der Waals surface area contributed by atoms with Gasteiger partial charge in [-0.2, -0.15) is 0 Å². The minimum atomic E-state index is 0.354. The topological polar surface area (TPSA) is 26.0 Å². The maximum absolute atomic E-state index is 5.42. The van der Waals surface area contributed by atoms with Crippen molar-refractivity contribution in [3.8, 4) is 0 Å². The highest BCUT2D eigenvalue weighted by atomic mass is 16.4. The van der Waals surface area contributed by atoms with Crippen LogP contribution in [0, 0.1) is 6.92 Å². The van der Waals surface area contributed by atoms with Crippen LogP contribution in [0.1, 0.15) is 30.2 Å². The van der Waals surface area contributed by atoms with Crippen molar-refractivity contribution in [2.24, 2.45) is 0 Å². The van der Waals surface area contributed by atoms with Gasteiger partial charge in [-0.1, -0.05) is 25.2 Å². The molecule has 0 aromatic carbocycles. The summed E-state index contributed by atoms with van der Waals surface area (Å²) in [6.45, 7) is 3.99. The third-order valence-corrected chi connectivity index (χ3v) is 1.98. The first-order valence-corrected chi connectivity index (χ1v) is 4.09. The van der Waals surface area contributed by atoms with Gasteiger partial charge in [-0.3, -0.25) is 0 Å². The zero-order valence-electron chi connectivity index (χ0n) is 7.24. The smallest absolute Gasteiger partial charge is 0.192 e. The highest BCUT2D eigenvalue weighted by Gasteiger charge is 2.14. The fraction of sp³-hybridized carbons (Fsp3) is 0.300. The van der Waals surface area contributed by atoms with Gasteiger partial charge >= 0.3 is 0 Å². The summed E-state index contributed by atoms with van der Waals surface area (Å²) in [7, 11) is 0. The lowest BCUT2D eigenvalue weighted by atomic mass is 10.1. The molecule has 0 radical (unpaired) electrons. The minimum Gasteiger partial charge on any atom is -0.441 e. The van der Waals surface area contributed by atoms with Gasteiger partial charge in [-0.05, 0) is 6.08 Å². The van der Waals surface area contributed by atoms with Crippen molar-refractivity contribution in [3.63, 3.8) is 0 Å². The summed E-state index contributed by atoms with van der Waals surface area (Å²) in [6.07, 6.45) is 8.07. The van der Waals surface area contributed by atoms with Gasteiger partial charge < -0.3 is 4.42 Å². The van der Waals surface area contributed by atoms with E-state index in [1.807, 2.05) is 25.2 Å². The quantitative estimate of drug-likeness (QED) is 0.584. The van der Waals surface area contributed by atoms with E-state index in [0.29, 0.717) is 5.92 Å². The molecule has 0 saturated carbocycles. The maximum atomic E-state index is 5.42. The molecule has 0 saturated heterocycles. The molecule has 2 heteroatoms. The standard InChI is InChI=1S/C10H11NO/c1-7-5-3-4-6-9-10(7)11-8(2)12-9/h3-7H,1-2H3. The van der Waals surface area contributed by atoms with E-state index in [1.54, 1.807) is 0 Å². The highest BCUT2D eigenvalue weighted by molar-refractivity contribution is 5.51. The monoisotopic (exact) mass is 161 g/mol. The molecule has 12 heavy (non-hydrogen) atoms. The van der Waals surface area contributed by atoms with Crippen LogP contribution in [0.25, 0.3) is 6.08 Å². The van der Waals surface area contributed by atoms with Crippen molar-refractivity contribution >= 4 is 6.08 Å². The van der Waals surface area contributed by atoms with E-state index >= 15 is 0 Å². The van der Waals surface area contributed by atoms with Crippen LogP contribution in [0.3, 0.4) is 0 Å². The molecule has 0 fully saturated rings. The van der Waals surface area contributed by atoms with Crippen LogP contribution in [0.2, 0.25) is 0 Å². The van der Waals surface area contributed by atoms with E-state index in [2.05, 4.69) is 18.0 Å². The largest absolute Gasteiger partial charge is 0.441 e. The Balaban J connectivity index is 2.55. The fourth-order valence-corrected chi connectivity index (χ4v) is 1.37. The predicted molar refractivity (Wildman–Crippen MR) is 47.8 cm³/mol. The van der Waals surface area contributed by atoms with Gasteiger partial charge in [0.25, 0.3) is 0 Å². The molecular formula is C10H11NO. The van der Waals surface area contributed by atoms with Crippen molar-refractivity contribution in [3.05, 3.63) is 35.6 Å². The fourth-order valence-electron chi connectivity index (χ4n) is 1.37. The Morgan fingerprint density at radius 2 is 2.25 bits per heavy atom. The number of aromatic nitrogens is 1. The van der Waals surface area contributed by atoms with Gasteiger partial charge in [0.2, 0.25) is 0 Å². The number of oxazole rings is 1. The van der Waals surface area contributed by atoms with Gasteiger partial charge in [0, 0.05) is 12.8 Å². The first-order chi connectivity index (χ1) is 5.77. The Morgan fingerprint density at radius 3 is 3.08 bits per heavy atom. The molecule has 62 valence electrons. The van der Waals surface area contributed by atoms with Gasteiger partial charge in [0.15, 0.2) is 11.7 Å². The summed E-state index contributed by atoms with van der Waals surface area (Å²) in [5, 5.41) is 0. The second-order valence-corrected chi connectivity index (χ2v) is 3.02. The van der Waals surface area contributed by atoms with Crippen LogP contribution in [0.5, 0.6) is 0 Å². The molecule has 1 atom stereocenters. The average Bonchev–Trinajstić information content (AvgIpc) is 2.33. The van der Waals surface area contributed by atoms with Crippen molar-refractivity contribution in [2.45, 2.75) is 19.8 Å². The second-order valence-electron chi connectivity index (χ2n) is 3.02. The van der Waals surface area contributed by atoms with Crippen LogP contribution in [-0.4, -0.2) is 4.98 Å². The molecular weight excluding hydrogens is 150 g/mol. The second kappa shape index (κ2) is 2.63. The number of allylic oxidation sites excluding steroid dienone is 3. The number of rotatable bonds is 0. The Kier molecular flexibility index (Phi) is 1.61. The lowest BCUT2D eigenvalue weighted by Crippen LogP contribution is -1.90. The Morgan fingerprint density at radius 1 is 1.42 bits per heavy atom. The number of aryl methyl sites for hydroxylation is 1. The summed E-state index contributed by atoms with van der Waals surface area (Å²) in [5.74, 6) is 1.99. The first kappa shape index (κ1) is 7.35. The number of hydrogen-bond acceptors (Lipinski definition) is 2. The minimum absolute atomic E-state index is 0.354. The normalized spacial score (nSPS) is 20.7. The van der Waals surface area contributed by atoms with E-state index in [-0.39, 0.29) is 0 Å². The molecule has 0 spiro atoms. The summed E-state index contributed by atoms with van der Waals surface area (Å²) in [5.41, 5.74) is 1.04. The van der Waals surface area contributed by atoms with Crippen LogP contribution < -0.4 is 0 Å². The van der Waals surface area contributed by atoms with Crippen LogP contribution >= 0.6 is 0 Å². The summed E-state index contributed by atoms with van der Waals surface area (Å²) in [6, 6.07) is 0. The van der Waals surface area contributed by atoms with Gasteiger partial charge in [0.1, 0.15) is 0 Å². The third-order valence-electron chi connectivity index (χ3n) is 1.98. The average molecular weight is 161 g/mol. The number of hydrogen-bond donors (Lipinski definition) is 0. The number of fused-ring (bicyclic) bond motifs is 1. The highest BCUT2D eigenvalue weighted by Crippen LogP contribution is 2.24. The third kappa shape index (κ3) is 1.09. The molecule has 2 nitrogen and oxygen atoms in total. The van der Waals surface area contributed by atoms with E-state index in [4.69, 9.17) is 4.42 Å². The molecule has 1 aromatic heterocycles. The number of nitrogens with zero attached hydrogens (tertiary/aromatic N) is 1. The molecule has 1 aromatic rings. The summed E-state index contributed by atoms with van der Waals surface area (Å²) < 4.78 is 5.42. The van der Waals surface area contributed by atoms with Crippen LogP contribution in [-0.2, 0) is 0 Å². The molecule has 2 rings (SSSR count). The summed E-state index contributed by atoms with van der Waals surface area (Å²) in [4.78, 5) is 4.32.